The number of carbonyl (C=O) groups excluding carboxylic acids is 2. The summed E-state index contributed by atoms with van der Waals surface area (Å²) in [5.41, 5.74) is 4.71. The molecule has 2 amide bonds. The summed E-state index contributed by atoms with van der Waals surface area (Å²) in [7, 11) is 0. The average Bonchev–Trinajstić information content (AvgIpc) is 2.62. The highest BCUT2D eigenvalue weighted by atomic mass is 16.5. The van der Waals surface area contributed by atoms with Gasteiger partial charge in [-0.15, -0.1) is 0 Å². The molecule has 5 nitrogen and oxygen atoms in total. The third-order valence-corrected chi connectivity index (χ3v) is 3.88. The largest absolute Gasteiger partial charge is 0.377 e. The van der Waals surface area contributed by atoms with Gasteiger partial charge in [0.2, 0.25) is 5.91 Å². The van der Waals surface area contributed by atoms with Crippen LogP contribution in [0.3, 0.4) is 0 Å². The highest BCUT2D eigenvalue weighted by Gasteiger charge is 2.09. The van der Waals surface area contributed by atoms with E-state index in [1.54, 1.807) is 0 Å². The number of benzene rings is 2. The standard InChI is InChI=1S/C21H26N2O3/c1-4-26-14-18-7-5-17(6-8-18)12-22-20(24)13-23-21(25)19-10-15(2)9-16(3)11-19/h5-11H,4,12-14H2,1-3H3,(H,22,24)(H,23,25). The minimum absolute atomic E-state index is 0.0474. The van der Waals surface area contributed by atoms with Gasteiger partial charge >= 0.3 is 0 Å². The molecule has 2 rings (SSSR count). The fourth-order valence-corrected chi connectivity index (χ4v) is 2.60. The average molecular weight is 354 g/mol. The van der Waals surface area contributed by atoms with E-state index in [2.05, 4.69) is 10.6 Å². The van der Waals surface area contributed by atoms with Gasteiger partial charge in [-0.05, 0) is 44.0 Å². The molecular formula is C21H26N2O3. The summed E-state index contributed by atoms with van der Waals surface area (Å²) < 4.78 is 5.35. The molecule has 0 aliphatic rings. The van der Waals surface area contributed by atoms with Crippen molar-refractivity contribution < 1.29 is 14.3 Å². The van der Waals surface area contributed by atoms with Crippen LogP contribution < -0.4 is 10.6 Å². The molecule has 0 unspecified atom stereocenters. The lowest BCUT2D eigenvalue weighted by Gasteiger charge is -2.09. The molecule has 0 aliphatic carbocycles. The zero-order valence-electron chi connectivity index (χ0n) is 15.6. The monoisotopic (exact) mass is 354 g/mol. The summed E-state index contributed by atoms with van der Waals surface area (Å²) in [4.78, 5) is 24.1. The maximum absolute atomic E-state index is 12.1. The SMILES string of the molecule is CCOCc1ccc(CNC(=O)CNC(=O)c2cc(C)cc(C)c2)cc1. The smallest absolute Gasteiger partial charge is 0.251 e. The van der Waals surface area contributed by atoms with Crippen LogP contribution in [0.1, 0.15) is 39.5 Å². The van der Waals surface area contributed by atoms with Crippen molar-refractivity contribution in [1.82, 2.24) is 10.6 Å². The third kappa shape index (κ3) is 6.33. The molecule has 0 spiro atoms. The number of ether oxygens (including phenoxy) is 1. The van der Waals surface area contributed by atoms with Gasteiger partial charge in [0.25, 0.3) is 5.91 Å². The number of hydrogen-bond donors (Lipinski definition) is 2. The molecule has 0 bridgehead atoms. The van der Waals surface area contributed by atoms with Gasteiger partial charge in [0.05, 0.1) is 13.2 Å². The van der Waals surface area contributed by atoms with Gasteiger partial charge in [-0.25, -0.2) is 0 Å². The van der Waals surface area contributed by atoms with Gasteiger partial charge in [-0.3, -0.25) is 9.59 Å². The minimum Gasteiger partial charge on any atom is -0.377 e. The molecule has 0 aromatic heterocycles. The molecular weight excluding hydrogens is 328 g/mol. The summed E-state index contributed by atoms with van der Waals surface area (Å²) >= 11 is 0. The fourth-order valence-electron chi connectivity index (χ4n) is 2.60. The lowest BCUT2D eigenvalue weighted by molar-refractivity contribution is -0.120. The summed E-state index contributed by atoms with van der Waals surface area (Å²) in [6, 6.07) is 13.5. The van der Waals surface area contributed by atoms with E-state index in [0.717, 1.165) is 22.3 Å². The molecule has 26 heavy (non-hydrogen) atoms. The van der Waals surface area contributed by atoms with E-state index < -0.39 is 0 Å². The maximum atomic E-state index is 12.1. The van der Waals surface area contributed by atoms with Crippen molar-refractivity contribution in [1.29, 1.82) is 0 Å². The Hall–Kier alpha value is -2.66. The van der Waals surface area contributed by atoms with E-state index in [1.165, 1.54) is 0 Å². The van der Waals surface area contributed by atoms with Crippen LogP contribution in [0.25, 0.3) is 0 Å². The van der Waals surface area contributed by atoms with Crippen LogP contribution in [-0.2, 0) is 22.7 Å². The minimum atomic E-state index is -0.243. The molecule has 138 valence electrons. The number of nitrogens with one attached hydrogen (secondary N) is 2. The number of carbonyl (C=O) groups is 2. The first-order valence-electron chi connectivity index (χ1n) is 8.76. The summed E-state index contributed by atoms with van der Waals surface area (Å²) in [6.45, 7) is 7.50. The molecule has 0 atom stereocenters. The van der Waals surface area contributed by atoms with Gasteiger partial charge in [0, 0.05) is 18.7 Å². The van der Waals surface area contributed by atoms with Crippen LogP contribution in [0.15, 0.2) is 42.5 Å². The van der Waals surface area contributed by atoms with Gasteiger partial charge in [-0.1, -0.05) is 41.5 Å². The lowest BCUT2D eigenvalue weighted by atomic mass is 10.1. The molecule has 0 fully saturated rings. The van der Waals surface area contributed by atoms with Crippen LogP contribution in [0.2, 0.25) is 0 Å². The first kappa shape index (κ1) is 19.7. The van der Waals surface area contributed by atoms with Crippen molar-refractivity contribution in [3.8, 4) is 0 Å². The maximum Gasteiger partial charge on any atom is 0.251 e. The molecule has 2 aromatic carbocycles. The number of amides is 2. The first-order valence-corrected chi connectivity index (χ1v) is 8.76. The Bertz CT molecular complexity index is 734. The van der Waals surface area contributed by atoms with Gasteiger partial charge in [-0.2, -0.15) is 0 Å². The molecule has 0 saturated carbocycles. The van der Waals surface area contributed by atoms with Gasteiger partial charge < -0.3 is 15.4 Å². The third-order valence-electron chi connectivity index (χ3n) is 3.88. The molecule has 2 N–H and O–H groups in total. The lowest BCUT2D eigenvalue weighted by Crippen LogP contribution is -2.36. The van der Waals surface area contributed by atoms with Crippen molar-refractivity contribution in [2.24, 2.45) is 0 Å². The van der Waals surface area contributed by atoms with Gasteiger partial charge in [0.15, 0.2) is 0 Å². The zero-order valence-corrected chi connectivity index (χ0v) is 15.6. The molecule has 0 saturated heterocycles. The number of rotatable bonds is 8. The van der Waals surface area contributed by atoms with Crippen LogP contribution in [-0.4, -0.2) is 25.0 Å². The quantitative estimate of drug-likeness (QED) is 0.766. The molecule has 5 heteroatoms. The highest BCUT2D eigenvalue weighted by molar-refractivity contribution is 5.96. The normalized spacial score (nSPS) is 10.4. The van der Waals surface area contributed by atoms with E-state index in [0.29, 0.717) is 25.3 Å². The second-order valence-corrected chi connectivity index (χ2v) is 6.29. The Kier molecular flexibility index (Phi) is 7.36. The van der Waals surface area contributed by atoms with E-state index in [9.17, 15) is 9.59 Å². The fraction of sp³-hybridized carbons (Fsp3) is 0.333. The topological polar surface area (TPSA) is 67.4 Å². The van der Waals surface area contributed by atoms with E-state index in [1.807, 2.05) is 63.2 Å². The zero-order chi connectivity index (χ0) is 18.9. The van der Waals surface area contributed by atoms with Crippen molar-refractivity contribution in [2.75, 3.05) is 13.2 Å². The Labute approximate surface area is 154 Å². The highest BCUT2D eigenvalue weighted by Crippen LogP contribution is 2.08. The molecule has 0 heterocycles. The molecule has 2 aromatic rings. The molecule has 0 aliphatic heterocycles. The Morgan fingerprint density at radius 1 is 0.923 bits per heavy atom. The predicted molar refractivity (Wildman–Crippen MR) is 102 cm³/mol. The van der Waals surface area contributed by atoms with Gasteiger partial charge in [0.1, 0.15) is 0 Å². The summed E-state index contributed by atoms with van der Waals surface area (Å²) in [5, 5.41) is 5.46. The van der Waals surface area contributed by atoms with Crippen LogP contribution in [0.4, 0.5) is 0 Å². The van der Waals surface area contributed by atoms with Crippen molar-refractivity contribution in [2.45, 2.75) is 33.9 Å². The van der Waals surface area contributed by atoms with E-state index in [4.69, 9.17) is 4.74 Å². The Morgan fingerprint density at radius 2 is 1.54 bits per heavy atom. The van der Waals surface area contributed by atoms with Crippen LogP contribution >= 0.6 is 0 Å². The summed E-state index contributed by atoms with van der Waals surface area (Å²) in [5.74, 6) is -0.464. The van der Waals surface area contributed by atoms with Crippen molar-refractivity contribution >= 4 is 11.8 Å². The first-order chi connectivity index (χ1) is 12.5. The summed E-state index contributed by atoms with van der Waals surface area (Å²) in [6.07, 6.45) is 0. The van der Waals surface area contributed by atoms with Crippen LogP contribution in [0, 0.1) is 13.8 Å². The number of hydrogen-bond acceptors (Lipinski definition) is 3. The predicted octanol–water partition coefficient (Wildman–Crippen LogP) is 2.89. The molecule has 0 radical (unpaired) electrons. The second-order valence-electron chi connectivity index (χ2n) is 6.29. The Balaban J connectivity index is 1.77. The van der Waals surface area contributed by atoms with E-state index >= 15 is 0 Å². The van der Waals surface area contributed by atoms with E-state index in [-0.39, 0.29) is 18.4 Å². The second kappa shape index (κ2) is 9.73. The Morgan fingerprint density at radius 3 is 2.15 bits per heavy atom. The van der Waals surface area contributed by atoms with Crippen LogP contribution in [0.5, 0.6) is 0 Å². The van der Waals surface area contributed by atoms with Crippen molar-refractivity contribution in [3.05, 3.63) is 70.3 Å². The number of aryl methyl sites for hydroxylation is 2. The van der Waals surface area contributed by atoms with Crippen molar-refractivity contribution in [3.63, 3.8) is 0 Å².